The first kappa shape index (κ1) is 31.0. The molecule has 0 radical (unpaired) electrons. The number of alkyl carbamates (subject to hydrolysis) is 1. The Bertz CT molecular complexity index is 1470. The van der Waals surface area contributed by atoms with Crippen molar-refractivity contribution in [2.75, 3.05) is 12.4 Å². The summed E-state index contributed by atoms with van der Waals surface area (Å²) < 4.78 is 10.7. The molecule has 3 aromatic carbocycles. The number of aromatic hydroxyl groups is 1. The highest BCUT2D eigenvalue weighted by Gasteiger charge is 2.44. The first-order chi connectivity index (χ1) is 20.5. The molecule has 224 valence electrons. The molecule has 43 heavy (non-hydrogen) atoms. The molecule has 0 bridgehead atoms. The molecule has 2 unspecified atom stereocenters. The van der Waals surface area contributed by atoms with Crippen molar-refractivity contribution < 1.29 is 29.0 Å². The van der Waals surface area contributed by atoms with Gasteiger partial charge in [0.15, 0.2) is 0 Å². The van der Waals surface area contributed by atoms with Crippen LogP contribution in [0.2, 0.25) is 0 Å². The molecule has 4 rings (SSSR count). The summed E-state index contributed by atoms with van der Waals surface area (Å²) in [6, 6.07) is 17.9. The normalized spacial score (nSPS) is 14.0. The van der Waals surface area contributed by atoms with E-state index < -0.39 is 35.6 Å². The molecule has 3 N–H and O–H groups in total. The van der Waals surface area contributed by atoms with E-state index in [2.05, 4.69) is 16.6 Å². The lowest BCUT2D eigenvalue weighted by Gasteiger charge is -2.35. The summed E-state index contributed by atoms with van der Waals surface area (Å²) in [7, 11) is 1.56. The van der Waals surface area contributed by atoms with E-state index in [1.807, 2.05) is 0 Å². The third-order valence-corrected chi connectivity index (χ3v) is 6.84. The molecule has 1 saturated carbocycles. The standard InChI is InChI=1S/C34H37N3O6/c1-6-22-7-11-24(12-8-22)30(31(39)35-25-13-19-28(42-5)20-14-25)37(26-15-16-26)32(40)29(36-33(41)43-34(2,3)4)21-23-9-17-27(38)18-10-23/h1,7-14,17-20,26,29-30,38H,15-16,21H2,2-5H3,(H,35,39)(H,36,41). The van der Waals surface area contributed by atoms with Crippen LogP contribution in [0.5, 0.6) is 11.5 Å². The zero-order chi connectivity index (χ0) is 31.1. The summed E-state index contributed by atoms with van der Waals surface area (Å²) in [6.07, 6.45) is 6.35. The number of anilines is 1. The molecular formula is C34H37N3O6. The number of rotatable bonds is 10. The van der Waals surface area contributed by atoms with Crippen molar-refractivity contribution in [1.29, 1.82) is 0 Å². The molecule has 2 atom stereocenters. The second-order valence-corrected chi connectivity index (χ2v) is 11.4. The van der Waals surface area contributed by atoms with Gasteiger partial charge in [0.25, 0.3) is 5.91 Å². The molecule has 1 aliphatic rings. The average Bonchev–Trinajstić information content (AvgIpc) is 3.81. The first-order valence-corrected chi connectivity index (χ1v) is 14.1. The van der Waals surface area contributed by atoms with Crippen molar-refractivity contribution in [3.63, 3.8) is 0 Å². The molecule has 0 saturated heterocycles. The number of benzene rings is 3. The quantitative estimate of drug-likeness (QED) is 0.283. The lowest BCUT2D eigenvalue weighted by molar-refractivity contribution is -0.141. The van der Waals surface area contributed by atoms with Crippen LogP contribution in [0.1, 0.15) is 56.3 Å². The van der Waals surface area contributed by atoms with E-state index in [1.165, 1.54) is 12.1 Å². The summed E-state index contributed by atoms with van der Waals surface area (Å²) in [5.74, 6) is 2.45. The molecule has 3 aromatic rings. The monoisotopic (exact) mass is 583 g/mol. The van der Waals surface area contributed by atoms with Gasteiger partial charge in [-0.15, -0.1) is 6.42 Å². The Morgan fingerprint density at radius 1 is 1.00 bits per heavy atom. The van der Waals surface area contributed by atoms with Crippen molar-refractivity contribution >= 4 is 23.6 Å². The first-order valence-electron chi connectivity index (χ1n) is 14.1. The number of phenolic OH excluding ortho intramolecular Hbond substituents is 1. The van der Waals surface area contributed by atoms with Crippen molar-refractivity contribution in [3.8, 4) is 23.8 Å². The maximum Gasteiger partial charge on any atom is 0.408 e. The molecule has 3 amide bonds. The summed E-state index contributed by atoms with van der Waals surface area (Å²) in [5.41, 5.74) is 1.67. The third kappa shape index (κ3) is 8.52. The van der Waals surface area contributed by atoms with E-state index in [9.17, 15) is 19.5 Å². The zero-order valence-electron chi connectivity index (χ0n) is 24.8. The predicted octanol–water partition coefficient (Wildman–Crippen LogP) is 5.19. The summed E-state index contributed by atoms with van der Waals surface area (Å²) in [4.78, 5) is 42.9. The number of nitrogens with zero attached hydrogens (tertiary/aromatic N) is 1. The largest absolute Gasteiger partial charge is 0.508 e. The van der Waals surface area contributed by atoms with E-state index in [0.717, 1.165) is 0 Å². The van der Waals surface area contributed by atoms with Gasteiger partial charge in [0.05, 0.1) is 7.11 Å². The molecule has 0 aliphatic heterocycles. The van der Waals surface area contributed by atoms with Crippen LogP contribution in [0.4, 0.5) is 10.5 Å². The number of carbonyl (C=O) groups excluding carboxylic acids is 3. The van der Waals surface area contributed by atoms with E-state index in [1.54, 1.807) is 93.4 Å². The van der Waals surface area contributed by atoms with E-state index >= 15 is 0 Å². The highest BCUT2D eigenvalue weighted by atomic mass is 16.6. The van der Waals surface area contributed by atoms with Gasteiger partial charge >= 0.3 is 6.09 Å². The van der Waals surface area contributed by atoms with Crippen LogP contribution in [-0.2, 0) is 20.7 Å². The van der Waals surface area contributed by atoms with Crippen LogP contribution in [-0.4, -0.2) is 52.7 Å². The molecule has 9 heteroatoms. The topological polar surface area (TPSA) is 117 Å². The Kier molecular flexibility index (Phi) is 9.61. The minimum atomic E-state index is -1.05. The Hall–Kier alpha value is -4.97. The smallest absolute Gasteiger partial charge is 0.408 e. The number of hydrogen-bond acceptors (Lipinski definition) is 6. The van der Waals surface area contributed by atoms with Crippen LogP contribution >= 0.6 is 0 Å². The van der Waals surface area contributed by atoms with Gasteiger partial charge in [-0.25, -0.2) is 4.79 Å². The van der Waals surface area contributed by atoms with E-state index in [0.29, 0.717) is 41.0 Å². The number of nitrogens with one attached hydrogen (secondary N) is 2. The number of amides is 3. The average molecular weight is 584 g/mol. The summed E-state index contributed by atoms with van der Waals surface area (Å²) in [5, 5.41) is 15.4. The second kappa shape index (κ2) is 13.3. The summed E-state index contributed by atoms with van der Waals surface area (Å²) >= 11 is 0. The van der Waals surface area contributed by atoms with Crippen LogP contribution in [0.15, 0.2) is 72.8 Å². The van der Waals surface area contributed by atoms with Gasteiger partial charge in [0, 0.05) is 23.7 Å². The number of hydrogen-bond donors (Lipinski definition) is 3. The number of terminal acetylenes is 1. The van der Waals surface area contributed by atoms with Crippen LogP contribution in [0.3, 0.4) is 0 Å². The van der Waals surface area contributed by atoms with Crippen molar-refractivity contribution in [1.82, 2.24) is 10.2 Å². The number of phenols is 1. The second-order valence-electron chi connectivity index (χ2n) is 11.4. The molecule has 0 spiro atoms. The molecule has 0 heterocycles. The highest BCUT2D eigenvalue weighted by Crippen LogP contribution is 2.36. The summed E-state index contributed by atoms with van der Waals surface area (Å²) in [6.45, 7) is 5.21. The number of carbonyl (C=O) groups is 3. The zero-order valence-corrected chi connectivity index (χ0v) is 24.8. The predicted molar refractivity (Wildman–Crippen MR) is 164 cm³/mol. The molecule has 9 nitrogen and oxygen atoms in total. The van der Waals surface area contributed by atoms with Crippen LogP contribution in [0, 0.1) is 12.3 Å². The van der Waals surface area contributed by atoms with E-state index in [4.69, 9.17) is 15.9 Å². The van der Waals surface area contributed by atoms with Crippen LogP contribution < -0.4 is 15.4 Å². The molecule has 0 aromatic heterocycles. The minimum absolute atomic E-state index is 0.0806. The Morgan fingerprint density at radius 3 is 2.16 bits per heavy atom. The van der Waals surface area contributed by atoms with Gasteiger partial charge in [-0.3, -0.25) is 9.59 Å². The Morgan fingerprint density at radius 2 is 1.63 bits per heavy atom. The van der Waals surface area contributed by atoms with Gasteiger partial charge in [0.1, 0.15) is 29.2 Å². The third-order valence-electron chi connectivity index (χ3n) is 6.84. The van der Waals surface area contributed by atoms with Gasteiger partial charge < -0.3 is 30.1 Å². The van der Waals surface area contributed by atoms with Crippen molar-refractivity contribution in [2.45, 2.75) is 63.8 Å². The van der Waals surface area contributed by atoms with Crippen molar-refractivity contribution in [2.24, 2.45) is 0 Å². The lowest BCUT2D eigenvalue weighted by Crippen LogP contribution is -2.54. The fraction of sp³-hybridized carbons (Fsp3) is 0.324. The SMILES string of the molecule is C#Cc1ccc(C(C(=O)Nc2ccc(OC)cc2)N(C(=O)C(Cc2ccc(O)cc2)NC(=O)OC(C)(C)C)C2CC2)cc1. The maximum atomic E-state index is 14.5. The Labute approximate surface area is 252 Å². The molecule has 1 fully saturated rings. The minimum Gasteiger partial charge on any atom is -0.508 e. The highest BCUT2D eigenvalue weighted by molar-refractivity contribution is 5.99. The Balaban J connectivity index is 1.71. The van der Waals surface area contributed by atoms with Gasteiger partial charge in [-0.05, 0) is 93.3 Å². The van der Waals surface area contributed by atoms with Gasteiger partial charge in [0.2, 0.25) is 5.91 Å². The molecule has 1 aliphatic carbocycles. The fourth-order valence-electron chi connectivity index (χ4n) is 4.65. The lowest BCUT2D eigenvalue weighted by atomic mass is 9.99. The van der Waals surface area contributed by atoms with Crippen LogP contribution in [0.25, 0.3) is 0 Å². The van der Waals surface area contributed by atoms with E-state index in [-0.39, 0.29) is 18.2 Å². The number of methoxy groups -OCH3 is 1. The number of ether oxygens (including phenoxy) is 2. The van der Waals surface area contributed by atoms with Gasteiger partial charge in [-0.2, -0.15) is 0 Å². The van der Waals surface area contributed by atoms with Crippen molar-refractivity contribution in [3.05, 3.63) is 89.5 Å². The fourth-order valence-corrected chi connectivity index (χ4v) is 4.65. The van der Waals surface area contributed by atoms with Gasteiger partial charge in [-0.1, -0.05) is 30.2 Å². The molecular weight excluding hydrogens is 546 g/mol. The maximum absolute atomic E-state index is 14.5.